The van der Waals surface area contributed by atoms with Crippen molar-refractivity contribution in [3.8, 4) is 5.75 Å². The van der Waals surface area contributed by atoms with E-state index in [-0.39, 0.29) is 11.7 Å². The summed E-state index contributed by atoms with van der Waals surface area (Å²) in [5, 5.41) is 8.82. The molecule has 1 aromatic carbocycles. The topological polar surface area (TPSA) is 46.5 Å². The Morgan fingerprint density at radius 1 is 1.38 bits per heavy atom. The van der Waals surface area contributed by atoms with Gasteiger partial charge in [0.25, 0.3) is 0 Å². The van der Waals surface area contributed by atoms with Crippen LogP contribution in [0.3, 0.4) is 0 Å². The van der Waals surface area contributed by atoms with Crippen molar-refractivity contribution in [2.75, 3.05) is 0 Å². The molecule has 16 heavy (non-hydrogen) atoms. The number of rotatable bonds is 4. The third-order valence-corrected chi connectivity index (χ3v) is 2.02. The van der Waals surface area contributed by atoms with Gasteiger partial charge < -0.3 is 9.84 Å². The fourth-order valence-electron chi connectivity index (χ4n) is 1.18. The van der Waals surface area contributed by atoms with E-state index in [2.05, 4.69) is 0 Å². The molecule has 3 nitrogen and oxygen atoms in total. The van der Waals surface area contributed by atoms with Crippen LogP contribution < -0.4 is 4.74 Å². The molecule has 0 aliphatic rings. The second-order valence-electron chi connectivity index (χ2n) is 3.67. The van der Waals surface area contributed by atoms with Gasteiger partial charge in [0.15, 0.2) is 17.7 Å². The minimum atomic E-state index is -1.21. The minimum Gasteiger partial charge on any atom is -0.478 e. The molecule has 1 unspecified atom stereocenters. The molecule has 1 N–H and O–H groups in total. The molecule has 1 atom stereocenters. The number of halogens is 2. The van der Waals surface area contributed by atoms with Gasteiger partial charge in [0.2, 0.25) is 5.82 Å². The van der Waals surface area contributed by atoms with Crippen molar-refractivity contribution in [1.29, 1.82) is 0 Å². The fraction of sp³-hybridized carbons (Fsp3) is 0.364. The van der Waals surface area contributed by atoms with Crippen molar-refractivity contribution in [2.24, 2.45) is 5.92 Å². The van der Waals surface area contributed by atoms with E-state index in [9.17, 15) is 13.6 Å². The molecule has 0 amide bonds. The number of ether oxygens (including phenoxy) is 1. The molecule has 0 heterocycles. The molecular formula is C11H12F2O3. The van der Waals surface area contributed by atoms with Gasteiger partial charge >= 0.3 is 5.97 Å². The second-order valence-corrected chi connectivity index (χ2v) is 3.67. The average molecular weight is 230 g/mol. The quantitative estimate of drug-likeness (QED) is 0.864. The summed E-state index contributed by atoms with van der Waals surface area (Å²) in [7, 11) is 0. The lowest BCUT2D eigenvalue weighted by atomic mass is 10.1. The van der Waals surface area contributed by atoms with Crippen LogP contribution in [0.4, 0.5) is 8.78 Å². The highest BCUT2D eigenvalue weighted by molar-refractivity contribution is 5.73. The molecular weight excluding hydrogens is 218 g/mol. The van der Waals surface area contributed by atoms with Gasteiger partial charge in [-0.25, -0.2) is 9.18 Å². The van der Waals surface area contributed by atoms with Gasteiger partial charge in [0.1, 0.15) is 0 Å². The summed E-state index contributed by atoms with van der Waals surface area (Å²) in [5.74, 6) is -4.18. The molecule has 0 spiro atoms. The van der Waals surface area contributed by atoms with Crippen molar-refractivity contribution in [2.45, 2.75) is 20.0 Å². The molecule has 0 aliphatic heterocycles. The molecule has 0 aromatic heterocycles. The Morgan fingerprint density at radius 3 is 2.50 bits per heavy atom. The zero-order valence-electron chi connectivity index (χ0n) is 8.91. The van der Waals surface area contributed by atoms with Crippen LogP contribution >= 0.6 is 0 Å². The van der Waals surface area contributed by atoms with Crippen LogP contribution in [0.15, 0.2) is 18.2 Å². The van der Waals surface area contributed by atoms with Crippen molar-refractivity contribution >= 4 is 5.97 Å². The van der Waals surface area contributed by atoms with Gasteiger partial charge in [-0.1, -0.05) is 19.9 Å². The van der Waals surface area contributed by atoms with Crippen molar-refractivity contribution in [3.05, 3.63) is 29.8 Å². The van der Waals surface area contributed by atoms with E-state index in [0.29, 0.717) is 0 Å². The molecule has 5 heteroatoms. The van der Waals surface area contributed by atoms with Gasteiger partial charge in [0.05, 0.1) is 0 Å². The van der Waals surface area contributed by atoms with Crippen molar-refractivity contribution < 1.29 is 23.4 Å². The molecule has 88 valence electrons. The summed E-state index contributed by atoms with van der Waals surface area (Å²) in [6.07, 6.45) is -1.20. The van der Waals surface area contributed by atoms with E-state index < -0.39 is 23.7 Å². The zero-order valence-corrected chi connectivity index (χ0v) is 8.91. The molecule has 0 saturated heterocycles. The molecule has 0 bridgehead atoms. The van der Waals surface area contributed by atoms with E-state index in [0.717, 1.165) is 6.07 Å². The van der Waals surface area contributed by atoms with Crippen molar-refractivity contribution in [1.82, 2.24) is 0 Å². The second kappa shape index (κ2) is 4.92. The van der Waals surface area contributed by atoms with E-state index in [1.165, 1.54) is 12.1 Å². The highest BCUT2D eigenvalue weighted by Gasteiger charge is 2.25. The fourth-order valence-corrected chi connectivity index (χ4v) is 1.18. The Bertz CT molecular complexity index is 391. The Balaban J connectivity index is 2.94. The SMILES string of the molecule is CC(C)C(Oc1cccc(F)c1F)C(=O)O. The molecule has 0 aliphatic carbocycles. The van der Waals surface area contributed by atoms with Crippen LogP contribution in [0.1, 0.15) is 13.8 Å². The van der Waals surface area contributed by atoms with Crippen LogP contribution in [0.25, 0.3) is 0 Å². The standard InChI is InChI=1S/C11H12F2O3/c1-6(2)10(11(14)15)16-8-5-3-4-7(12)9(8)13/h3-6,10H,1-2H3,(H,14,15). The number of benzene rings is 1. The van der Waals surface area contributed by atoms with Crippen LogP contribution in [0.5, 0.6) is 5.75 Å². The van der Waals surface area contributed by atoms with Crippen LogP contribution in [-0.4, -0.2) is 17.2 Å². The largest absolute Gasteiger partial charge is 0.478 e. The Hall–Kier alpha value is -1.65. The van der Waals surface area contributed by atoms with Gasteiger partial charge in [0, 0.05) is 5.92 Å². The zero-order chi connectivity index (χ0) is 12.3. The lowest BCUT2D eigenvalue weighted by molar-refractivity contribution is -0.147. The summed E-state index contributed by atoms with van der Waals surface area (Å²) in [5.41, 5.74) is 0. The molecule has 0 fully saturated rings. The van der Waals surface area contributed by atoms with Crippen LogP contribution in [0, 0.1) is 17.6 Å². The van der Waals surface area contributed by atoms with E-state index in [4.69, 9.17) is 9.84 Å². The third-order valence-electron chi connectivity index (χ3n) is 2.02. The number of carboxylic acid groups (broad SMARTS) is 1. The van der Waals surface area contributed by atoms with Gasteiger partial charge in [-0.2, -0.15) is 4.39 Å². The predicted octanol–water partition coefficient (Wildman–Crippen LogP) is 2.45. The summed E-state index contributed by atoms with van der Waals surface area (Å²) >= 11 is 0. The highest BCUT2D eigenvalue weighted by atomic mass is 19.2. The van der Waals surface area contributed by atoms with E-state index >= 15 is 0 Å². The minimum absolute atomic E-state index is 0.347. The molecule has 0 radical (unpaired) electrons. The van der Waals surface area contributed by atoms with E-state index in [1.54, 1.807) is 13.8 Å². The maximum Gasteiger partial charge on any atom is 0.345 e. The number of hydrogen-bond acceptors (Lipinski definition) is 2. The maximum absolute atomic E-state index is 13.2. The highest BCUT2D eigenvalue weighted by Crippen LogP contribution is 2.22. The van der Waals surface area contributed by atoms with Crippen LogP contribution in [-0.2, 0) is 4.79 Å². The third kappa shape index (κ3) is 2.68. The Kier molecular flexibility index (Phi) is 3.82. The number of aliphatic carboxylic acids is 1. The first kappa shape index (κ1) is 12.4. The average Bonchev–Trinajstić information content (AvgIpc) is 2.19. The molecule has 1 aromatic rings. The lowest BCUT2D eigenvalue weighted by Crippen LogP contribution is -2.32. The molecule has 1 rings (SSSR count). The number of hydrogen-bond donors (Lipinski definition) is 1. The monoisotopic (exact) mass is 230 g/mol. The summed E-state index contributed by atoms with van der Waals surface area (Å²) in [6, 6.07) is 3.39. The first-order chi connectivity index (χ1) is 7.43. The van der Waals surface area contributed by atoms with Gasteiger partial charge in [-0.3, -0.25) is 0 Å². The summed E-state index contributed by atoms with van der Waals surface area (Å²) < 4.78 is 31.0. The van der Waals surface area contributed by atoms with Gasteiger partial charge in [-0.15, -0.1) is 0 Å². The summed E-state index contributed by atoms with van der Waals surface area (Å²) in [4.78, 5) is 10.8. The lowest BCUT2D eigenvalue weighted by Gasteiger charge is -2.18. The Morgan fingerprint density at radius 2 is 2.00 bits per heavy atom. The first-order valence-corrected chi connectivity index (χ1v) is 4.77. The normalized spacial score (nSPS) is 12.6. The van der Waals surface area contributed by atoms with Gasteiger partial charge in [-0.05, 0) is 12.1 Å². The summed E-state index contributed by atoms with van der Waals surface area (Å²) in [6.45, 7) is 3.24. The molecule has 0 saturated carbocycles. The number of carboxylic acids is 1. The van der Waals surface area contributed by atoms with E-state index in [1.807, 2.05) is 0 Å². The van der Waals surface area contributed by atoms with Crippen LogP contribution in [0.2, 0.25) is 0 Å². The Labute approximate surface area is 91.7 Å². The smallest absolute Gasteiger partial charge is 0.345 e. The predicted molar refractivity (Wildman–Crippen MR) is 53.2 cm³/mol. The van der Waals surface area contributed by atoms with Crippen molar-refractivity contribution in [3.63, 3.8) is 0 Å². The first-order valence-electron chi connectivity index (χ1n) is 4.77. The number of carbonyl (C=O) groups is 1. The maximum atomic E-state index is 13.2.